The molecule has 1 aliphatic carbocycles. The van der Waals surface area contributed by atoms with Gasteiger partial charge < -0.3 is 10.1 Å². The van der Waals surface area contributed by atoms with Crippen molar-refractivity contribution < 1.29 is 4.74 Å². The van der Waals surface area contributed by atoms with Crippen molar-refractivity contribution in [1.82, 2.24) is 5.32 Å². The predicted octanol–water partition coefficient (Wildman–Crippen LogP) is 4.49. The van der Waals surface area contributed by atoms with E-state index >= 15 is 0 Å². The molecule has 1 heterocycles. The van der Waals surface area contributed by atoms with Crippen LogP contribution in [0.4, 0.5) is 0 Å². The van der Waals surface area contributed by atoms with Gasteiger partial charge in [-0.05, 0) is 55.3 Å². The third-order valence-electron chi connectivity index (χ3n) is 5.47. The van der Waals surface area contributed by atoms with Crippen molar-refractivity contribution in [1.29, 1.82) is 0 Å². The second-order valence-electron chi connectivity index (χ2n) is 6.89. The Morgan fingerprint density at radius 3 is 2.71 bits per heavy atom. The lowest BCUT2D eigenvalue weighted by Crippen LogP contribution is -2.28. The van der Waals surface area contributed by atoms with E-state index in [4.69, 9.17) is 4.74 Å². The van der Waals surface area contributed by atoms with Crippen molar-refractivity contribution in [2.45, 2.75) is 58.4 Å². The molecule has 0 spiro atoms. The summed E-state index contributed by atoms with van der Waals surface area (Å²) in [5.74, 6) is 2.97. The van der Waals surface area contributed by atoms with Crippen molar-refractivity contribution in [3.8, 4) is 5.75 Å². The van der Waals surface area contributed by atoms with E-state index in [0.717, 1.165) is 30.6 Å². The minimum absolute atomic E-state index is 0.444. The van der Waals surface area contributed by atoms with Gasteiger partial charge in [-0.25, -0.2) is 0 Å². The van der Waals surface area contributed by atoms with Crippen LogP contribution in [0.5, 0.6) is 5.75 Å². The monoisotopic (exact) mass is 287 g/mol. The molecule has 2 aliphatic rings. The van der Waals surface area contributed by atoms with E-state index in [0.29, 0.717) is 6.04 Å². The van der Waals surface area contributed by atoms with E-state index in [1.807, 2.05) is 0 Å². The van der Waals surface area contributed by atoms with E-state index in [1.54, 1.807) is 0 Å². The average molecular weight is 287 g/mol. The largest absolute Gasteiger partial charge is 0.493 e. The number of fused-ring (bicyclic) bond motifs is 1. The van der Waals surface area contributed by atoms with Gasteiger partial charge in [0.2, 0.25) is 0 Å². The topological polar surface area (TPSA) is 21.3 Å². The number of rotatable bonds is 5. The highest BCUT2D eigenvalue weighted by molar-refractivity contribution is 5.40. The van der Waals surface area contributed by atoms with Gasteiger partial charge in [-0.15, -0.1) is 0 Å². The lowest BCUT2D eigenvalue weighted by Gasteiger charge is -2.29. The molecule has 1 aliphatic heterocycles. The molecule has 0 radical (unpaired) electrons. The molecular formula is C19H29NO. The first-order valence-corrected chi connectivity index (χ1v) is 8.75. The maximum absolute atomic E-state index is 5.59. The first kappa shape index (κ1) is 14.9. The Morgan fingerprint density at radius 2 is 1.95 bits per heavy atom. The average Bonchev–Trinajstić information content (AvgIpc) is 3.00. The van der Waals surface area contributed by atoms with Gasteiger partial charge >= 0.3 is 0 Å². The Hall–Kier alpha value is -1.02. The second kappa shape index (κ2) is 6.83. The van der Waals surface area contributed by atoms with Crippen LogP contribution < -0.4 is 10.1 Å². The molecule has 0 bridgehead atoms. The zero-order valence-corrected chi connectivity index (χ0v) is 13.5. The predicted molar refractivity (Wildman–Crippen MR) is 87.8 cm³/mol. The Kier molecular flexibility index (Phi) is 4.84. The molecule has 1 aromatic rings. The van der Waals surface area contributed by atoms with Crippen molar-refractivity contribution >= 4 is 0 Å². The highest BCUT2D eigenvalue weighted by atomic mass is 16.5. The van der Waals surface area contributed by atoms with Crippen molar-refractivity contribution in [3.63, 3.8) is 0 Å². The minimum Gasteiger partial charge on any atom is -0.493 e. The third kappa shape index (κ3) is 3.60. The molecule has 2 nitrogen and oxygen atoms in total. The molecule has 1 atom stereocenters. The number of hydrogen-bond acceptors (Lipinski definition) is 2. The number of ether oxygens (including phenoxy) is 1. The lowest BCUT2D eigenvalue weighted by atomic mass is 9.81. The highest BCUT2D eigenvalue weighted by Gasteiger charge is 2.20. The fourth-order valence-corrected chi connectivity index (χ4v) is 3.78. The Balaban J connectivity index is 1.49. The standard InChI is InChI=1S/C19H29NO/c1-3-15-4-6-16(7-5-15)13-20-14(2)17-8-9-19-18(12-17)10-11-21-19/h8-9,12,14-16,20H,3-7,10-11,13H2,1-2H3. The summed E-state index contributed by atoms with van der Waals surface area (Å²) < 4.78 is 5.59. The summed E-state index contributed by atoms with van der Waals surface area (Å²) in [7, 11) is 0. The molecule has 116 valence electrons. The molecule has 2 heteroatoms. The van der Waals surface area contributed by atoms with Gasteiger partial charge in [-0.2, -0.15) is 0 Å². The van der Waals surface area contributed by atoms with Gasteiger partial charge in [0.05, 0.1) is 6.61 Å². The molecular weight excluding hydrogens is 258 g/mol. The van der Waals surface area contributed by atoms with Gasteiger partial charge in [-0.1, -0.05) is 38.3 Å². The van der Waals surface area contributed by atoms with Crippen LogP contribution in [0.1, 0.15) is 63.1 Å². The normalized spacial score (nSPS) is 26.2. The Morgan fingerprint density at radius 1 is 1.19 bits per heavy atom. The summed E-state index contributed by atoms with van der Waals surface area (Å²) in [6.45, 7) is 6.64. The summed E-state index contributed by atoms with van der Waals surface area (Å²) in [6.07, 6.45) is 8.14. The fraction of sp³-hybridized carbons (Fsp3) is 0.684. The van der Waals surface area contributed by atoms with Crippen LogP contribution in [0.15, 0.2) is 18.2 Å². The van der Waals surface area contributed by atoms with E-state index in [9.17, 15) is 0 Å². The van der Waals surface area contributed by atoms with Crippen LogP contribution in [-0.4, -0.2) is 13.2 Å². The molecule has 1 unspecified atom stereocenters. The molecule has 1 fully saturated rings. The zero-order valence-electron chi connectivity index (χ0n) is 13.5. The van der Waals surface area contributed by atoms with Gasteiger partial charge in [0, 0.05) is 12.5 Å². The van der Waals surface area contributed by atoms with Gasteiger partial charge in [0.15, 0.2) is 0 Å². The van der Waals surface area contributed by atoms with Crippen LogP contribution in [0.2, 0.25) is 0 Å². The second-order valence-corrected chi connectivity index (χ2v) is 6.89. The maximum Gasteiger partial charge on any atom is 0.122 e. The smallest absolute Gasteiger partial charge is 0.122 e. The third-order valence-corrected chi connectivity index (χ3v) is 5.47. The van der Waals surface area contributed by atoms with Gasteiger partial charge in [0.25, 0.3) is 0 Å². The van der Waals surface area contributed by atoms with Crippen LogP contribution >= 0.6 is 0 Å². The Labute approximate surface area is 129 Å². The first-order valence-electron chi connectivity index (χ1n) is 8.75. The van der Waals surface area contributed by atoms with Gasteiger partial charge in [-0.3, -0.25) is 0 Å². The van der Waals surface area contributed by atoms with E-state index < -0.39 is 0 Å². The zero-order chi connectivity index (χ0) is 14.7. The quantitative estimate of drug-likeness (QED) is 0.861. The number of benzene rings is 1. The molecule has 0 aromatic heterocycles. The first-order chi connectivity index (χ1) is 10.3. The molecule has 3 rings (SSSR count). The van der Waals surface area contributed by atoms with Crippen molar-refractivity contribution in [3.05, 3.63) is 29.3 Å². The summed E-state index contributed by atoms with van der Waals surface area (Å²) in [4.78, 5) is 0. The van der Waals surface area contributed by atoms with Crippen molar-refractivity contribution in [2.75, 3.05) is 13.2 Å². The summed E-state index contributed by atoms with van der Waals surface area (Å²) in [6, 6.07) is 7.13. The van der Waals surface area contributed by atoms with Crippen LogP contribution in [0.25, 0.3) is 0 Å². The van der Waals surface area contributed by atoms with E-state index in [-0.39, 0.29) is 0 Å². The lowest BCUT2D eigenvalue weighted by molar-refractivity contribution is 0.258. The van der Waals surface area contributed by atoms with E-state index in [1.165, 1.54) is 49.8 Å². The van der Waals surface area contributed by atoms with Crippen LogP contribution in [0.3, 0.4) is 0 Å². The summed E-state index contributed by atoms with van der Waals surface area (Å²) in [5.41, 5.74) is 2.78. The SMILES string of the molecule is CCC1CCC(CNC(C)c2ccc3c(c2)CCO3)CC1. The van der Waals surface area contributed by atoms with E-state index in [2.05, 4.69) is 37.4 Å². The van der Waals surface area contributed by atoms with Gasteiger partial charge in [0.1, 0.15) is 5.75 Å². The molecule has 0 saturated heterocycles. The maximum atomic E-state index is 5.59. The fourth-order valence-electron chi connectivity index (χ4n) is 3.78. The number of nitrogens with one attached hydrogen (secondary N) is 1. The molecule has 0 amide bonds. The number of hydrogen-bond donors (Lipinski definition) is 1. The van der Waals surface area contributed by atoms with Crippen LogP contribution in [-0.2, 0) is 6.42 Å². The summed E-state index contributed by atoms with van der Waals surface area (Å²) >= 11 is 0. The minimum atomic E-state index is 0.444. The van der Waals surface area contributed by atoms with Crippen LogP contribution in [0, 0.1) is 11.8 Å². The molecule has 1 aromatic carbocycles. The molecule has 1 saturated carbocycles. The Bertz CT molecular complexity index is 463. The molecule has 21 heavy (non-hydrogen) atoms. The summed E-state index contributed by atoms with van der Waals surface area (Å²) in [5, 5.41) is 3.75. The van der Waals surface area contributed by atoms with Crippen molar-refractivity contribution in [2.24, 2.45) is 11.8 Å². The molecule has 1 N–H and O–H groups in total. The highest BCUT2D eigenvalue weighted by Crippen LogP contribution is 2.31.